The lowest BCUT2D eigenvalue weighted by molar-refractivity contribution is -0.137. The molecule has 180 valence electrons. The van der Waals surface area contributed by atoms with Crippen LogP contribution in [0.25, 0.3) is 5.57 Å². The Labute approximate surface area is 193 Å². The number of nitrogens with one attached hydrogen (secondary N) is 3. The minimum atomic E-state index is -4.58. The first-order chi connectivity index (χ1) is 16.2. The summed E-state index contributed by atoms with van der Waals surface area (Å²) in [5.41, 5.74) is -0.246. The van der Waals surface area contributed by atoms with Gasteiger partial charge in [-0.3, -0.25) is 9.59 Å². The van der Waals surface area contributed by atoms with Crippen molar-refractivity contribution in [3.05, 3.63) is 41.9 Å². The van der Waals surface area contributed by atoms with Crippen molar-refractivity contribution in [2.45, 2.75) is 25.4 Å². The van der Waals surface area contributed by atoms with E-state index >= 15 is 0 Å². The first-order valence-corrected chi connectivity index (χ1v) is 10.7. The summed E-state index contributed by atoms with van der Waals surface area (Å²) in [7, 11) is 1.69. The van der Waals surface area contributed by atoms with Crippen molar-refractivity contribution in [1.82, 2.24) is 14.9 Å². The number of halogens is 3. The molecule has 12 heteroatoms. The number of likely N-dealkylation sites (N-methyl/N-ethyl adjacent to an activating group) is 1. The molecule has 1 aromatic heterocycles. The molecule has 0 unspecified atom stereocenters. The van der Waals surface area contributed by atoms with Crippen LogP contribution in [-0.2, 0) is 15.8 Å². The summed E-state index contributed by atoms with van der Waals surface area (Å²) in [4.78, 5) is 34.7. The Bertz CT molecular complexity index is 1140. The zero-order valence-corrected chi connectivity index (χ0v) is 18.3. The number of hydrogen-bond acceptors (Lipinski definition) is 7. The van der Waals surface area contributed by atoms with E-state index in [9.17, 15) is 22.8 Å². The maximum Gasteiger partial charge on any atom is 0.416 e. The molecule has 2 amide bonds. The van der Waals surface area contributed by atoms with Crippen LogP contribution in [-0.4, -0.2) is 53.4 Å². The van der Waals surface area contributed by atoms with E-state index in [0.717, 1.165) is 12.1 Å². The van der Waals surface area contributed by atoms with Crippen molar-refractivity contribution >= 4 is 34.7 Å². The summed E-state index contributed by atoms with van der Waals surface area (Å²) in [6, 6.07) is 3.27. The van der Waals surface area contributed by atoms with E-state index in [-0.39, 0.29) is 35.3 Å². The maximum atomic E-state index is 13.4. The highest BCUT2D eigenvalue weighted by Crippen LogP contribution is 2.36. The first kappa shape index (κ1) is 23.3. The van der Waals surface area contributed by atoms with Crippen LogP contribution >= 0.6 is 0 Å². The van der Waals surface area contributed by atoms with E-state index in [1.54, 1.807) is 11.9 Å². The van der Waals surface area contributed by atoms with E-state index in [1.165, 1.54) is 18.6 Å². The van der Waals surface area contributed by atoms with Gasteiger partial charge in [0.2, 0.25) is 5.91 Å². The Balaban J connectivity index is 1.71. The Morgan fingerprint density at radius 2 is 1.88 bits per heavy atom. The molecule has 4 rings (SSSR count). The highest BCUT2D eigenvalue weighted by molar-refractivity contribution is 6.32. The second kappa shape index (κ2) is 9.57. The lowest BCUT2D eigenvalue weighted by Crippen LogP contribution is -2.31. The summed E-state index contributed by atoms with van der Waals surface area (Å²) in [5.74, 6) is 0.145. The van der Waals surface area contributed by atoms with Crippen LogP contribution in [0.5, 0.6) is 5.75 Å². The van der Waals surface area contributed by atoms with Gasteiger partial charge in [0, 0.05) is 44.5 Å². The summed E-state index contributed by atoms with van der Waals surface area (Å²) in [5, 5.41) is 8.51. The molecular formula is C22H23F3N6O3. The predicted molar refractivity (Wildman–Crippen MR) is 119 cm³/mol. The normalized spacial score (nSPS) is 18.8. The fraction of sp³-hybridized carbons (Fsp3) is 0.364. The monoisotopic (exact) mass is 476 g/mol. The largest absolute Gasteiger partial charge is 0.494 e. The molecule has 0 saturated carbocycles. The second-order valence-corrected chi connectivity index (χ2v) is 7.89. The molecule has 0 fully saturated rings. The number of carbonyl (C=O) groups excluding carboxylic acids is 2. The molecular weight excluding hydrogens is 453 g/mol. The Morgan fingerprint density at radius 3 is 2.68 bits per heavy atom. The van der Waals surface area contributed by atoms with Crippen molar-refractivity contribution in [2.75, 3.05) is 42.7 Å². The predicted octanol–water partition coefficient (Wildman–Crippen LogP) is 3.33. The van der Waals surface area contributed by atoms with Gasteiger partial charge in [-0.15, -0.1) is 0 Å². The number of benzene rings is 1. The fourth-order valence-corrected chi connectivity index (χ4v) is 3.61. The number of amides is 2. The SMILES string of the molecule is CN1CCNc2ncnc3c2/C(=C/Nc2cc(cc(C(F)(F)F)c2)OCCCCC1=O)C(=O)N3. The van der Waals surface area contributed by atoms with Gasteiger partial charge in [-0.05, 0) is 25.0 Å². The lowest BCUT2D eigenvalue weighted by atomic mass is 10.1. The number of carbonyl (C=O) groups is 2. The van der Waals surface area contributed by atoms with Gasteiger partial charge in [0.25, 0.3) is 5.91 Å². The van der Waals surface area contributed by atoms with Crippen LogP contribution < -0.4 is 20.7 Å². The molecule has 0 radical (unpaired) electrons. The first-order valence-electron chi connectivity index (χ1n) is 10.7. The quantitative estimate of drug-likeness (QED) is 0.535. The fourth-order valence-electron chi connectivity index (χ4n) is 3.61. The average molecular weight is 476 g/mol. The number of ether oxygens (including phenoxy) is 1. The maximum absolute atomic E-state index is 13.4. The van der Waals surface area contributed by atoms with E-state index in [4.69, 9.17) is 4.74 Å². The molecule has 1 aromatic carbocycles. The lowest BCUT2D eigenvalue weighted by Gasteiger charge is -2.18. The van der Waals surface area contributed by atoms with Crippen molar-refractivity contribution < 1.29 is 27.5 Å². The molecule has 3 N–H and O–H groups in total. The standard InChI is InChI=1S/C22H23F3N6O3/c1-31-6-5-26-19-18-16(21(33)30-20(18)29-12-28-19)11-27-14-8-13(22(23,24)25)9-15(10-14)34-7-3-2-4-17(31)32/h8-12,27H,2-7H2,1H3,(H2,26,28,29,30,33)/b16-11-. The Morgan fingerprint density at radius 1 is 1.09 bits per heavy atom. The van der Waals surface area contributed by atoms with Gasteiger partial charge in [0.15, 0.2) is 0 Å². The van der Waals surface area contributed by atoms with Crippen molar-refractivity contribution in [3.63, 3.8) is 0 Å². The molecule has 0 aliphatic carbocycles. The molecule has 2 aliphatic rings. The Kier molecular flexibility index (Phi) is 6.57. The molecule has 0 spiro atoms. The topological polar surface area (TPSA) is 108 Å². The third-order valence-electron chi connectivity index (χ3n) is 5.43. The van der Waals surface area contributed by atoms with Crippen LogP contribution in [0.2, 0.25) is 0 Å². The molecule has 2 aromatic rings. The summed E-state index contributed by atoms with van der Waals surface area (Å²) >= 11 is 0. The number of anilines is 3. The van der Waals surface area contributed by atoms with E-state index < -0.39 is 17.6 Å². The van der Waals surface area contributed by atoms with Gasteiger partial charge in [0.1, 0.15) is 23.7 Å². The number of alkyl halides is 3. The van der Waals surface area contributed by atoms with Crippen molar-refractivity contribution in [1.29, 1.82) is 0 Å². The smallest absolute Gasteiger partial charge is 0.416 e. The third-order valence-corrected chi connectivity index (χ3v) is 5.43. The van der Waals surface area contributed by atoms with Gasteiger partial charge in [0.05, 0.1) is 23.3 Å². The van der Waals surface area contributed by atoms with E-state index in [2.05, 4.69) is 25.9 Å². The van der Waals surface area contributed by atoms with Crippen LogP contribution in [0.15, 0.2) is 30.7 Å². The van der Waals surface area contributed by atoms with Crippen molar-refractivity contribution in [2.24, 2.45) is 0 Å². The highest BCUT2D eigenvalue weighted by Gasteiger charge is 2.32. The van der Waals surface area contributed by atoms with Crippen LogP contribution in [0, 0.1) is 0 Å². The third kappa shape index (κ3) is 5.21. The number of hydrogen-bond donors (Lipinski definition) is 3. The summed E-state index contributed by atoms with van der Waals surface area (Å²) < 4.78 is 45.8. The zero-order valence-electron chi connectivity index (χ0n) is 18.3. The molecule has 0 atom stereocenters. The summed E-state index contributed by atoms with van der Waals surface area (Å²) in [6.45, 7) is 0.954. The number of nitrogens with zero attached hydrogens (tertiary/aromatic N) is 3. The van der Waals surface area contributed by atoms with Gasteiger partial charge in [-0.2, -0.15) is 13.2 Å². The van der Waals surface area contributed by atoms with Gasteiger partial charge >= 0.3 is 6.18 Å². The molecule has 0 saturated heterocycles. The number of aromatic nitrogens is 2. The van der Waals surface area contributed by atoms with Gasteiger partial charge in [-0.25, -0.2) is 9.97 Å². The number of rotatable bonds is 0. The van der Waals surface area contributed by atoms with E-state index in [0.29, 0.717) is 43.7 Å². The van der Waals surface area contributed by atoms with E-state index in [1.807, 2.05) is 0 Å². The molecule has 9 nitrogen and oxygen atoms in total. The minimum absolute atomic E-state index is 0.0299. The van der Waals surface area contributed by atoms with Crippen LogP contribution in [0.3, 0.4) is 0 Å². The second-order valence-electron chi connectivity index (χ2n) is 7.89. The van der Waals surface area contributed by atoms with Crippen LogP contribution in [0.1, 0.15) is 30.4 Å². The number of fused-ring (bicyclic) bond motifs is 2. The average Bonchev–Trinajstić information content (AvgIpc) is 3.11. The molecule has 2 bridgehead atoms. The van der Waals surface area contributed by atoms with Crippen LogP contribution in [0.4, 0.5) is 30.5 Å². The van der Waals surface area contributed by atoms with Crippen molar-refractivity contribution in [3.8, 4) is 5.75 Å². The van der Waals surface area contributed by atoms with Gasteiger partial charge < -0.3 is 25.6 Å². The minimum Gasteiger partial charge on any atom is -0.494 e. The zero-order chi connectivity index (χ0) is 24.3. The molecule has 3 heterocycles. The molecule has 2 aliphatic heterocycles. The highest BCUT2D eigenvalue weighted by atomic mass is 19.4. The summed E-state index contributed by atoms with van der Waals surface area (Å²) in [6.07, 6.45) is -0.639. The Hall–Kier alpha value is -3.83. The molecule has 34 heavy (non-hydrogen) atoms. The van der Waals surface area contributed by atoms with Gasteiger partial charge in [-0.1, -0.05) is 0 Å².